The van der Waals surface area contributed by atoms with E-state index in [4.69, 9.17) is 9.84 Å². The third-order valence-corrected chi connectivity index (χ3v) is 4.38. The molecule has 9 nitrogen and oxygen atoms in total. The Morgan fingerprint density at radius 2 is 2.18 bits per heavy atom. The van der Waals surface area contributed by atoms with E-state index < -0.39 is 18.0 Å². The number of carbonyl (C=O) groups is 1. The molecule has 10 heteroatoms. The maximum Gasteiger partial charge on any atom is 0.414 e. The van der Waals surface area contributed by atoms with Gasteiger partial charge in [-0.2, -0.15) is 4.80 Å². The first-order valence-electron chi connectivity index (χ1n) is 8.72. The molecule has 1 N–H and O–H groups in total. The van der Waals surface area contributed by atoms with Crippen LogP contribution >= 0.6 is 0 Å². The van der Waals surface area contributed by atoms with Crippen molar-refractivity contribution >= 4 is 11.8 Å². The number of carbonyl (C=O) groups excluding carboxylic acids is 1. The van der Waals surface area contributed by atoms with Crippen molar-refractivity contribution in [2.24, 2.45) is 0 Å². The Hall–Kier alpha value is -3.40. The summed E-state index contributed by atoms with van der Waals surface area (Å²) in [6.45, 7) is 2.41. The van der Waals surface area contributed by atoms with E-state index in [0.29, 0.717) is 34.9 Å². The van der Waals surface area contributed by atoms with Gasteiger partial charge >= 0.3 is 6.09 Å². The van der Waals surface area contributed by atoms with Gasteiger partial charge in [0.2, 0.25) is 5.82 Å². The number of amides is 1. The zero-order valence-corrected chi connectivity index (χ0v) is 15.0. The summed E-state index contributed by atoms with van der Waals surface area (Å²) in [5.41, 5.74) is 1.83. The van der Waals surface area contributed by atoms with E-state index in [0.717, 1.165) is 0 Å². The van der Waals surface area contributed by atoms with Crippen molar-refractivity contribution in [3.05, 3.63) is 42.3 Å². The molecule has 1 aromatic carbocycles. The zero-order chi connectivity index (χ0) is 19.7. The fraction of sp³-hybridized carbons (Fsp3) is 0.278. The van der Waals surface area contributed by atoms with Crippen molar-refractivity contribution in [2.45, 2.75) is 19.6 Å². The molecule has 28 heavy (non-hydrogen) atoms. The Morgan fingerprint density at radius 1 is 1.32 bits per heavy atom. The minimum Gasteiger partial charge on any atom is -0.441 e. The van der Waals surface area contributed by atoms with Gasteiger partial charge in [0, 0.05) is 17.3 Å². The number of aryl methyl sites for hydroxylation is 1. The van der Waals surface area contributed by atoms with Gasteiger partial charge in [-0.1, -0.05) is 6.07 Å². The normalized spacial score (nSPS) is 16.5. The van der Waals surface area contributed by atoms with E-state index in [2.05, 4.69) is 20.4 Å². The highest BCUT2D eigenvalue weighted by Gasteiger charge is 2.32. The van der Waals surface area contributed by atoms with Crippen LogP contribution in [0.4, 0.5) is 14.9 Å². The summed E-state index contributed by atoms with van der Waals surface area (Å²) in [5, 5.41) is 21.1. The number of aromatic nitrogens is 5. The Labute approximate surface area is 159 Å². The number of anilines is 1. The second kappa shape index (κ2) is 7.31. The van der Waals surface area contributed by atoms with Crippen LogP contribution in [0.2, 0.25) is 0 Å². The van der Waals surface area contributed by atoms with E-state index in [1.807, 2.05) is 6.92 Å². The van der Waals surface area contributed by atoms with Crippen LogP contribution in [0.15, 0.2) is 36.5 Å². The summed E-state index contributed by atoms with van der Waals surface area (Å²) in [6.07, 6.45) is 0.322. The second-order valence-corrected chi connectivity index (χ2v) is 6.20. The molecule has 1 aliphatic rings. The van der Waals surface area contributed by atoms with Crippen LogP contribution < -0.4 is 4.90 Å². The molecule has 1 amide bonds. The van der Waals surface area contributed by atoms with Gasteiger partial charge in [-0.25, -0.2) is 9.18 Å². The van der Waals surface area contributed by atoms with Crippen molar-refractivity contribution in [2.75, 3.05) is 18.1 Å². The van der Waals surface area contributed by atoms with Gasteiger partial charge in [-0.3, -0.25) is 9.88 Å². The highest BCUT2D eigenvalue weighted by Crippen LogP contribution is 2.29. The lowest BCUT2D eigenvalue weighted by molar-refractivity contribution is 0.0963. The van der Waals surface area contributed by atoms with Crippen LogP contribution in [0.3, 0.4) is 0 Å². The first-order chi connectivity index (χ1) is 13.6. The molecule has 144 valence electrons. The van der Waals surface area contributed by atoms with E-state index >= 15 is 0 Å². The molecule has 0 spiro atoms. The average molecular weight is 384 g/mol. The third-order valence-electron chi connectivity index (χ3n) is 4.38. The average Bonchev–Trinajstić information content (AvgIpc) is 3.34. The van der Waals surface area contributed by atoms with Crippen LogP contribution in [-0.4, -0.2) is 55.6 Å². The molecule has 0 saturated carbocycles. The minimum absolute atomic E-state index is 0.176. The van der Waals surface area contributed by atoms with Crippen molar-refractivity contribution < 1.29 is 19.0 Å². The first kappa shape index (κ1) is 18.0. The Morgan fingerprint density at radius 3 is 2.79 bits per heavy atom. The molecule has 3 aromatic rings. The number of hydrogen-bond acceptors (Lipinski definition) is 7. The van der Waals surface area contributed by atoms with Crippen LogP contribution in [-0.2, 0) is 11.3 Å². The molecule has 2 aromatic heterocycles. The summed E-state index contributed by atoms with van der Waals surface area (Å²) in [5.74, 6) is -0.0995. The quantitative estimate of drug-likeness (QED) is 0.716. The predicted octanol–water partition coefficient (Wildman–Crippen LogP) is 1.88. The number of rotatable bonds is 5. The first-order valence-corrected chi connectivity index (χ1v) is 8.72. The van der Waals surface area contributed by atoms with E-state index in [-0.39, 0.29) is 13.2 Å². The maximum atomic E-state index is 14.7. The van der Waals surface area contributed by atoms with Crippen molar-refractivity contribution in [1.29, 1.82) is 0 Å². The molecule has 1 aliphatic heterocycles. The SMILES string of the molecule is CCn1nnc(-c2ccc(-c3ccc(N4C[C@H](CO)OC4=O)cc3F)cn2)n1. The van der Waals surface area contributed by atoms with Crippen molar-refractivity contribution in [3.8, 4) is 22.6 Å². The Balaban J connectivity index is 1.57. The van der Waals surface area contributed by atoms with Gasteiger partial charge in [0.15, 0.2) is 0 Å². The molecule has 0 radical (unpaired) electrons. The van der Waals surface area contributed by atoms with Gasteiger partial charge in [-0.15, -0.1) is 10.2 Å². The van der Waals surface area contributed by atoms with Crippen molar-refractivity contribution in [3.63, 3.8) is 0 Å². The highest BCUT2D eigenvalue weighted by molar-refractivity contribution is 5.90. The molecule has 1 fully saturated rings. The van der Waals surface area contributed by atoms with E-state index in [1.165, 1.54) is 22.0 Å². The molecule has 1 saturated heterocycles. The Kier molecular flexibility index (Phi) is 4.70. The van der Waals surface area contributed by atoms with Gasteiger partial charge < -0.3 is 9.84 Å². The number of ether oxygens (including phenoxy) is 1. The summed E-state index contributed by atoms with van der Waals surface area (Å²) in [4.78, 5) is 18.9. The maximum absolute atomic E-state index is 14.7. The van der Waals surface area contributed by atoms with Crippen LogP contribution in [0.25, 0.3) is 22.6 Å². The molecular weight excluding hydrogens is 367 g/mol. The molecule has 1 atom stereocenters. The number of cyclic esters (lactones) is 1. The van der Waals surface area contributed by atoms with Crippen LogP contribution in [0, 0.1) is 5.82 Å². The number of aliphatic hydroxyl groups excluding tert-OH is 1. The van der Waals surface area contributed by atoms with Crippen molar-refractivity contribution in [1.82, 2.24) is 25.2 Å². The molecular formula is C18H17FN6O3. The number of tetrazole rings is 1. The standard InChI is InChI=1S/C18H17FN6O3/c1-2-25-22-17(21-23-25)16-6-3-11(8-20-16)14-5-4-12(7-15(14)19)24-9-13(10-26)28-18(24)27/h3-8,13,26H,2,9-10H2,1H3/t13-/m1/s1. The lowest BCUT2D eigenvalue weighted by Crippen LogP contribution is -2.25. The number of nitrogens with zero attached hydrogens (tertiary/aromatic N) is 6. The van der Waals surface area contributed by atoms with Gasteiger partial charge in [-0.05, 0) is 36.4 Å². The largest absolute Gasteiger partial charge is 0.441 e. The van der Waals surface area contributed by atoms with Crippen LogP contribution in [0.5, 0.6) is 0 Å². The molecule has 0 aliphatic carbocycles. The molecule has 0 unspecified atom stereocenters. The minimum atomic E-state index is -0.607. The van der Waals surface area contributed by atoms with Gasteiger partial charge in [0.1, 0.15) is 17.6 Å². The smallest absolute Gasteiger partial charge is 0.414 e. The fourth-order valence-electron chi connectivity index (χ4n) is 2.90. The summed E-state index contributed by atoms with van der Waals surface area (Å²) >= 11 is 0. The summed E-state index contributed by atoms with van der Waals surface area (Å²) in [6, 6.07) is 7.88. The zero-order valence-electron chi connectivity index (χ0n) is 15.0. The fourth-order valence-corrected chi connectivity index (χ4v) is 2.90. The molecule has 4 rings (SSSR count). The summed E-state index contributed by atoms with van der Waals surface area (Å²) < 4.78 is 19.7. The Bertz CT molecular complexity index is 1010. The summed E-state index contributed by atoms with van der Waals surface area (Å²) in [7, 11) is 0. The molecule has 3 heterocycles. The van der Waals surface area contributed by atoms with E-state index in [1.54, 1.807) is 24.3 Å². The number of aliphatic hydroxyl groups is 1. The number of benzene rings is 1. The highest BCUT2D eigenvalue weighted by atomic mass is 19.1. The lowest BCUT2D eigenvalue weighted by Gasteiger charge is -2.14. The number of halogens is 1. The topological polar surface area (TPSA) is 106 Å². The lowest BCUT2D eigenvalue weighted by atomic mass is 10.1. The number of pyridine rings is 1. The van der Waals surface area contributed by atoms with E-state index in [9.17, 15) is 9.18 Å². The third kappa shape index (κ3) is 3.29. The van der Waals surface area contributed by atoms with Crippen LogP contribution in [0.1, 0.15) is 6.92 Å². The second-order valence-electron chi connectivity index (χ2n) is 6.20. The monoisotopic (exact) mass is 384 g/mol. The molecule has 0 bridgehead atoms. The van der Waals surface area contributed by atoms with Gasteiger partial charge in [0.05, 0.1) is 25.4 Å². The number of hydrogen-bond donors (Lipinski definition) is 1. The predicted molar refractivity (Wildman–Crippen MR) is 96.8 cm³/mol. The van der Waals surface area contributed by atoms with Gasteiger partial charge in [0.25, 0.3) is 0 Å².